The highest BCUT2D eigenvalue weighted by Gasteiger charge is 2.50. The van der Waals surface area contributed by atoms with Crippen LogP contribution >= 0.6 is 11.8 Å². The molecule has 13 rings (SSSR count). The first kappa shape index (κ1) is 36.6. The number of hydrogen-bond acceptors (Lipinski definition) is 5. The number of fused-ring (bicyclic) bond motifs is 12. The van der Waals surface area contributed by atoms with Gasteiger partial charge in [-0.3, -0.25) is 0 Å². The number of hydrogen-bond donors (Lipinski definition) is 0. The van der Waals surface area contributed by atoms with Crippen LogP contribution in [0.2, 0.25) is 0 Å². The standard InChI is InChI=1S/C59H36N4S/c1-3-15-37(16-4-1)38-27-31-41(32-28-38)57-61-56(40-17-5-2-6-18-40)62-58(63-57)42-33-29-39(30-34-42)55-47-36-54-51(35-46(47)45-21-9-13-25-52(45)60-55)59(50-24-12-14-26-53(50)64-54)48-22-10-7-19-43(48)44-20-8-11-23-49(44)59/h1-36H. The number of rotatable bonds is 5. The lowest BCUT2D eigenvalue weighted by Crippen LogP contribution is -2.32. The first-order valence-electron chi connectivity index (χ1n) is 21.6. The Hall–Kier alpha value is -7.99. The molecule has 2 aliphatic rings. The SMILES string of the molecule is c1ccc(-c2ccc(-c3nc(-c4ccccc4)nc(-c4ccc(-c5nc6ccccc6c6cc7c(cc56)Sc5ccccc5C75c6ccccc6-c6ccccc65)cc4)n3)cc2)cc1. The van der Waals surface area contributed by atoms with E-state index in [4.69, 9.17) is 19.9 Å². The minimum atomic E-state index is -0.462. The Kier molecular flexibility index (Phi) is 8.33. The Balaban J connectivity index is 0.966. The second-order valence-electron chi connectivity index (χ2n) is 16.5. The molecule has 1 spiro atoms. The second kappa shape index (κ2) is 14.6. The van der Waals surface area contributed by atoms with E-state index in [-0.39, 0.29) is 0 Å². The third-order valence-electron chi connectivity index (χ3n) is 13.0. The summed E-state index contributed by atoms with van der Waals surface area (Å²) in [5.41, 5.74) is 15.5. The van der Waals surface area contributed by atoms with Crippen molar-refractivity contribution < 1.29 is 0 Å². The van der Waals surface area contributed by atoms with Gasteiger partial charge < -0.3 is 0 Å². The van der Waals surface area contributed by atoms with E-state index < -0.39 is 5.41 Å². The van der Waals surface area contributed by atoms with E-state index in [1.807, 2.05) is 48.2 Å². The zero-order valence-corrected chi connectivity index (χ0v) is 35.3. The van der Waals surface area contributed by atoms with E-state index in [1.54, 1.807) is 0 Å². The number of aromatic nitrogens is 4. The highest BCUT2D eigenvalue weighted by molar-refractivity contribution is 7.99. The molecule has 0 unspecified atom stereocenters. The van der Waals surface area contributed by atoms with Crippen LogP contribution in [0.5, 0.6) is 0 Å². The predicted molar refractivity (Wildman–Crippen MR) is 261 cm³/mol. The molecule has 5 heteroatoms. The van der Waals surface area contributed by atoms with Crippen molar-refractivity contribution in [3.8, 4) is 67.7 Å². The van der Waals surface area contributed by atoms with Crippen molar-refractivity contribution in [3.05, 3.63) is 241 Å². The molecule has 0 saturated heterocycles. The van der Waals surface area contributed by atoms with Crippen molar-refractivity contribution in [2.24, 2.45) is 0 Å². The normalized spacial score (nSPS) is 13.1. The molecule has 1 aliphatic carbocycles. The number of para-hydroxylation sites is 1. The van der Waals surface area contributed by atoms with Crippen molar-refractivity contribution in [1.82, 2.24) is 19.9 Å². The molecule has 0 saturated carbocycles. The van der Waals surface area contributed by atoms with Gasteiger partial charge in [0.15, 0.2) is 17.5 Å². The topological polar surface area (TPSA) is 51.6 Å². The van der Waals surface area contributed by atoms with Crippen LogP contribution in [0, 0.1) is 0 Å². The molecule has 0 amide bonds. The maximum Gasteiger partial charge on any atom is 0.164 e. The maximum absolute atomic E-state index is 5.42. The lowest BCUT2D eigenvalue weighted by atomic mass is 9.67. The zero-order chi connectivity index (χ0) is 42.2. The van der Waals surface area contributed by atoms with Gasteiger partial charge in [-0.1, -0.05) is 206 Å². The first-order chi connectivity index (χ1) is 31.7. The third-order valence-corrected chi connectivity index (χ3v) is 14.1. The average molecular weight is 833 g/mol. The van der Waals surface area contributed by atoms with Crippen LogP contribution in [0.3, 0.4) is 0 Å². The summed E-state index contributed by atoms with van der Waals surface area (Å²) in [7, 11) is 0. The van der Waals surface area contributed by atoms with Gasteiger partial charge in [-0.25, -0.2) is 19.9 Å². The number of benzene rings is 9. The molecule has 9 aromatic carbocycles. The largest absolute Gasteiger partial charge is 0.247 e. The van der Waals surface area contributed by atoms with E-state index in [9.17, 15) is 0 Å². The first-order valence-corrected chi connectivity index (χ1v) is 22.4. The van der Waals surface area contributed by atoms with Gasteiger partial charge in [0.25, 0.3) is 0 Å². The van der Waals surface area contributed by atoms with Gasteiger partial charge in [0.2, 0.25) is 0 Å². The minimum absolute atomic E-state index is 0.462. The summed E-state index contributed by atoms with van der Waals surface area (Å²) in [6.45, 7) is 0. The molecule has 0 N–H and O–H groups in total. The van der Waals surface area contributed by atoms with Crippen LogP contribution in [0.15, 0.2) is 228 Å². The van der Waals surface area contributed by atoms with Crippen LogP contribution in [-0.2, 0) is 5.41 Å². The number of nitrogens with zero attached hydrogens (tertiary/aromatic N) is 4. The molecule has 11 aromatic rings. The highest BCUT2D eigenvalue weighted by atomic mass is 32.2. The van der Waals surface area contributed by atoms with Crippen molar-refractivity contribution in [3.63, 3.8) is 0 Å². The summed E-state index contributed by atoms with van der Waals surface area (Å²) in [5, 5.41) is 3.46. The smallest absolute Gasteiger partial charge is 0.164 e. The van der Waals surface area contributed by atoms with E-state index in [0.29, 0.717) is 17.5 Å². The van der Waals surface area contributed by atoms with E-state index in [0.717, 1.165) is 49.8 Å². The molecular formula is C59H36N4S. The molecule has 0 radical (unpaired) electrons. The lowest BCUT2D eigenvalue weighted by molar-refractivity contribution is 0.724. The summed E-state index contributed by atoms with van der Waals surface area (Å²) in [5.74, 6) is 1.88. The Morgan fingerprint density at radius 2 is 0.766 bits per heavy atom. The van der Waals surface area contributed by atoms with Crippen LogP contribution in [-0.4, -0.2) is 19.9 Å². The summed E-state index contributed by atoms with van der Waals surface area (Å²) >= 11 is 1.86. The minimum Gasteiger partial charge on any atom is -0.247 e. The van der Waals surface area contributed by atoms with E-state index in [2.05, 4.69) is 182 Å². The molecule has 4 nitrogen and oxygen atoms in total. The second-order valence-corrected chi connectivity index (χ2v) is 17.6. The van der Waals surface area contributed by atoms with E-state index >= 15 is 0 Å². The molecule has 2 aromatic heterocycles. The van der Waals surface area contributed by atoms with Gasteiger partial charge in [0.05, 0.1) is 16.6 Å². The molecule has 0 bridgehead atoms. The number of pyridine rings is 1. The van der Waals surface area contributed by atoms with Gasteiger partial charge in [-0.15, -0.1) is 0 Å². The fourth-order valence-corrected chi connectivity index (χ4v) is 11.3. The summed E-state index contributed by atoms with van der Waals surface area (Å²) in [4.78, 5) is 23.1. The lowest BCUT2D eigenvalue weighted by Gasteiger charge is -2.40. The summed E-state index contributed by atoms with van der Waals surface area (Å²) < 4.78 is 0. The van der Waals surface area contributed by atoms with Gasteiger partial charge in [-0.2, -0.15) is 0 Å². The molecule has 298 valence electrons. The molecule has 1 aliphatic heterocycles. The van der Waals surface area contributed by atoms with Crippen LogP contribution < -0.4 is 0 Å². The van der Waals surface area contributed by atoms with Gasteiger partial charge >= 0.3 is 0 Å². The molecule has 0 atom stereocenters. The Bertz CT molecular complexity index is 3580. The van der Waals surface area contributed by atoms with Crippen LogP contribution in [0.4, 0.5) is 0 Å². The quantitative estimate of drug-likeness (QED) is 0.162. The molecule has 64 heavy (non-hydrogen) atoms. The molecule has 0 fully saturated rings. The summed E-state index contributed by atoms with van der Waals surface area (Å²) in [6, 6.07) is 78.0. The van der Waals surface area contributed by atoms with Crippen molar-refractivity contribution in [1.29, 1.82) is 0 Å². The third kappa shape index (κ3) is 5.64. The fraction of sp³-hybridized carbons (Fsp3) is 0.0169. The van der Waals surface area contributed by atoms with Crippen molar-refractivity contribution >= 4 is 33.4 Å². The zero-order valence-electron chi connectivity index (χ0n) is 34.5. The average Bonchev–Trinajstić information content (AvgIpc) is 3.66. The van der Waals surface area contributed by atoms with Crippen molar-refractivity contribution in [2.45, 2.75) is 15.2 Å². The Morgan fingerprint density at radius 3 is 1.41 bits per heavy atom. The van der Waals surface area contributed by atoms with Crippen LogP contribution in [0.25, 0.3) is 89.4 Å². The Labute approximate surface area is 375 Å². The summed E-state index contributed by atoms with van der Waals surface area (Å²) in [6.07, 6.45) is 0. The van der Waals surface area contributed by atoms with Gasteiger partial charge in [-0.05, 0) is 74.2 Å². The highest BCUT2D eigenvalue weighted by Crippen LogP contribution is 2.62. The molecular weight excluding hydrogens is 797 g/mol. The maximum atomic E-state index is 5.42. The predicted octanol–water partition coefficient (Wildman–Crippen LogP) is 14.7. The Morgan fingerprint density at radius 1 is 0.297 bits per heavy atom. The van der Waals surface area contributed by atoms with Gasteiger partial charge in [0.1, 0.15) is 0 Å². The van der Waals surface area contributed by atoms with Crippen molar-refractivity contribution in [2.75, 3.05) is 0 Å². The van der Waals surface area contributed by atoms with Crippen LogP contribution in [0.1, 0.15) is 22.3 Å². The monoisotopic (exact) mass is 832 g/mol. The fourth-order valence-electron chi connectivity index (χ4n) is 10.1. The molecule has 3 heterocycles. The van der Waals surface area contributed by atoms with E-state index in [1.165, 1.54) is 54.1 Å². The van der Waals surface area contributed by atoms with Gasteiger partial charge in [0, 0.05) is 42.8 Å².